The Morgan fingerprint density at radius 1 is 0.320 bits per heavy atom. The number of nitrogens with zero attached hydrogens (tertiary/aromatic N) is 2. The van der Waals surface area contributed by atoms with Gasteiger partial charge in [-0.2, -0.15) is 0 Å². The van der Waals surface area contributed by atoms with Gasteiger partial charge >= 0.3 is 0 Å². The van der Waals surface area contributed by atoms with E-state index in [1.54, 1.807) is 0 Å². The fourth-order valence-corrected chi connectivity index (χ4v) is 7.85. The molecule has 0 aliphatic rings. The zero-order chi connectivity index (χ0) is 33.0. The highest BCUT2D eigenvalue weighted by atomic mass is 14.8. The number of fused-ring (bicyclic) bond motifs is 6. The first-order valence-electron chi connectivity index (χ1n) is 17.1. The highest BCUT2D eigenvalue weighted by Crippen LogP contribution is 2.45. The van der Waals surface area contributed by atoms with Crippen LogP contribution in [-0.2, 0) is 0 Å². The molecule has 0 N–H and O–H groups in total. The molecule has 10 rings (SSSR count). The summed E-state index contributed by atoms with van der Waals surface area (Å²) in [5.41, 5.74) is 11.3. The minimum atomic E-state index is 0.930. The van der Waals surface area contributed by atoms with Gasteiger partial charge in [-0.05, 0) is 83.9 Å². The predicted molar refractivity (Wildman–Crippen MR) is 211 cm³/mol. The molecule has 0 radical (unpaired) electrons. The molecule has 2 aromatic heterocycles. The van der Waals surface area contributed by atoms with Gasteiger partial charge in [-0.25, -0.2) is 4.98 Å². The molecule has 0 aliphatic carbocycles. The third-order valence-electron chi connectivity index (χ3n) is 10.1. The van der Waals surface area contributed by atoms with E-state index in [0.29, 0.717) is 0 Å². The van der Waals surface area contributed by atoms with Crippen LogP contribution >= 0.6 is 0 Å². The molecule has 50 heavy (non-hydrogen) atoms. The zero-order valence-corrected chi connectivity index (χ0v) is 27.2. The molecule has 0 aliphatic heterocycles. The van der Waals surface area contributed by atoms with Gasteiger partial charge in [-0.1, -0.05) is 158 Å². The lowest BCUT2D eigenvalue weighted by atomic mass is 9.85. The lowest BCUT2D eigenvalue weighted by molar-refractivity contribution is 1.37. The van der Waals surface area contributed by atoms with E-state index in [2.05, 4.69) is 175 Å². The van der Waals surface area contributed by atoms with E-state index >= 15 is 0 Å². The van der Waals surface area contributed by atoms with Crippen molar-refractivity contribution in [2.24, 2.45) is 0 Å². The van der Waals surface area contributed by atoms with E-state index in [-0.39, 0.29) is 0 Å². The Labute approximate surface area is 290 Å². The first-order chi connectivity index (χ1) is 24.8. The van der Waals surface area contributed by atoms with E-state index in [4.69, 9.17) is 4.98 Å². The molecule has 0 spiro atoms. The number of hydrogen-bond acceptors (Lipinski definition) is 2. The Balaban J connectivity index is 1.16. The second kappa shape index (κ2) is 11.5. The lowest BCUT2D eigenvalue weighted by Crippen LogP contribution is -1.92. The van der Waals surface area contributed by atoms with Crippen molar-refractivity contribution in [1.82, 2.24) is 9.97 Å². The van der Waals surface area contributed by atoms with Crippen molar-refractivity contribution in [3.8, 4) is 44.6 Å². The van der Waals surface area contributed by atoms with Gasteiger partial charge in [-0.3, -0.25) is 4.98 Å². The predicted octanol–water partition coefficient (Wildman–Crippen LogP) is 12.9. The number of pyridine rings is 2. The summed E-state index contributed by atoms with van der Waals surface area (Å²) in [4.78, 5) is 9.89. The van der Waals surface area contributed by atoms with Crippen LogP contribution in [0.1, 0.15) is 0 Å². The summed E-state index contributed by atoms with van der Waals surface area (Å²) in [6, 6.07) is 63.4. The van der Waals surface area contributed by atoms with Crippen molar-refractivity contribution >= 4 is 54.1 Å². The third-order valence-corrected chi connectivity index (χ3v) is 10.1. The number of rotatable bonds is 4. The second-order valence-corrected chi connectivity index (χ2v) is 12.9. The van der Waals surface area contributed by atoms with Crippen molar-refractivity contribution in [1.29, 1.82) is 0 Å². The lowest BCUT2D eigenvalue weighted by Gasteiger charge is -2.18. The van der Waals surface area contributed by atoms with E-state index in [1.807, 2.05) is 12.3 Å². The monoisotopic (exact) mass is 634 g/mol. The standard InChI is InChI=1S/C48H30N2/c1-2-12-31(13-3-1)45-40-19-6-8-21-42(40)46(43-22-9-7-20-41(43)45)35-15-10-14-34(30-35)36-26-27-39(38-18-5-4-17-37(36)38)44-28-25-33-24-23-32-16-11-29-49-47(32)48(33)50-44/h1-30H. The fourth-order valence-electron chi connectivity index (χ4n) is 7.85. The van der Waals surface area contributed by atoms with Gasteiger partial charge in [0.15, 0.2) is 0 Å². The highest BCUT2D eigenvalue weighted by Gasteiger charge is 2.18. The molecular weight excluding hydrogens is 605 g/mol. The molecule has 232 valence electrons. The average Bonchev–Trinajstić information content (AvgIpc) is 3.19. The molecule has 2 heteroatoms. The largest absolute Gasteiger partial charge is 0.254 e. The summed E-state index contributed by atoms with van der Waals surface area (Å²) in [6.45, 7) is 0. The third kappa shape index (κ3) is 4.50. The van der Waals surface area contributed by atoms with Gasteiger partial charge in [0.05, 0.1) is 16.7 Å². The number of aromatic nitrogens is 2. The van der Waals surface area contributed by atoms with Crippen molar-refractivity contribution in [2.75, 3.05) is 0 Å². The number of hydrogen-bond donors (Lipinski definition) is 0. The summed E-state index contributed by atoms with van der Waals surface area (Å²) in [5.74, 6) is 0. The molecule has 0 unspecified atom stereocenters. The van der Waals surface area contributed by atoms with E-state index in [0.717, 1.165) is 33.1 Å². The molecule has 2 heterocycles. The minimum absolute atomic E-state index is 0.930. The first-order valence-corrected chi connectivity index (χ1v) is 17.1. The number of benzene rings is 8. The van der Waals surface area contributed by atoms with Gasteiger partial charge in [0.2, 0.25) is 0 Å². The zero-order valence-electron chi connectivity index (χ0n) is 27.2. The SMILES string of the molecule is c1ccc(-c2c3ccccc3c(-c3cccc(-c4ccc(-c5ccc6ccc7cccnc7c6n5)c5ccccc45)c3)c3ccccc23)cc1. The van der Waals surface area contributed by atoms with Crippen LogP contribution in [0.15, 0.2) is 182 Å². The maximum absolute atomic E-state index is 5.20. The Bertz CT molecular complexity index is 2870. The fraction of sp³-hybridized carbons (Fsp3) is 0. The molecule has 0 saturated heterocycles. The van der Waals surface area contributed by atoms with Crippen molar-refractivity contribution in [2.45, 2.75) is 0 Å². The quantitative estimate of drug-likeness (QED) is 0.142. The van der Waals surface area contributed by atoms with Gasteiger partial charge in [0.25, 0.3) is 0 Å². The maximum Gasteiger partial charge on any atom is 0.0972 e. The summed E-state index contributed by atoms with van der Waals surface area (Å²) in [6.07, 6.45) is 1.84. The van der Waals surface area contributed by atoms with Crippen LogP contribution in [0.25, 0.3) is 98.8 Å². The minimum Gasteiger partial charge on any atom is -0.254 e. The normalized spacial score (nSPS) is 11.6. The Morgan fingerprint density at radius 3 is 1.54 bits per heavy atom. The summed E-state index contributed by atoms with van der Waals surface area (Å²) < 4.78 is 0. The van der Waals surface area contributed by atoms with Gasteiger partial charge in [0, 0.05) is 22.5 Å². The smallest absolute Gasteiger partial charge is 0.0972 e. The Hall–Kier alpha value is -6.64. The molecule has 2 nitrogen and oxygen atoms in total. The van der Waals surface area contributed by atoms with Crippen molar-refractivity contribution < 1.29 is 0 Å². The van der Waals surface area contributed by atoms with Crippen LogP contribution in [0.3, 0.4) is 0 Å². The summed E-state index contributed by atoms with van der Waals surface area (Å²) in [7, 11) is 0. The van der Waals surface area contributed by atoms with Crippen LogP contribution in [0.5, 0.6) is 0 Å². The van der Waals surface area contributed by atoms with Crippen LogP contribution in [-0.4, -0.2) is 9.97 Å². The van der Waals surface area contributed by atoms with Crippen LogP contribution in [0.2, 0.25) is 0 Å². The molecule has 0 amide bonds. The summed E-state index contributed by atoms with van der Waals surface area (Å²) >= 11 is 0. The first kappa shape index (κ1) is 28.4. The van der Waals surface area contributed by atoms with E-state index in [1.165, 1.54) is 65.7 Å². The van der Waals surface area contributed by atoms with Gasteiger partial charge in [-0.15, -0.1) is 0 Å². The molecule has 0 saturated carbocycles. The molecule has 0 atom stereocenters. The average molecular weight is 635 g/mol. The van der Waals surface area contributed by atoms with Crippen LogP contribution in [0, 0.1) is 0 Å². The van der Waals surface area contributed by atoms with Gasteiger partial charge in [0.1, 0.15) is 0 Å². The van der Waals surface area contributed by atoms with Crippen molar-refractivity contribution in [3.63, 3.8) is 0 Å². The van der Waals surface area contributed by atoms with Crippen molar-refractivity contribution in [3.05, 3.63) is 182 Å². The van der Waals surface area contributed by atoms with Crippen LogP contribution < -0.4 is 0 Å². The molecule has 0 bridgehead atoms. The molecule has 10 aromatic rings. The van der Waals surface area contributed by atoms with E-state index < -0.39 is 0 Å². The molecule has 0 fully saturated rings. The topological polar surface area (TPSA) is 25.8 Å². The maximum atomic E-state index is 5.20. The van der Waals surface area contributed by atoms with E-state index in [9.17, 15) is 0 Å². The van der Waals surface area contributed by atoms with Crippen LogP contribution in [0.4, 0.5) is 0 Å². The Kier molecular flexibility index (Phi) is 6.53. The second-order valence-electron chi connectivity index (χ2n) is 12.9. The highest BCUT2D eigenvalue weighted by molar-refractivity contribution is 6.21. The Morgan fingerprint density at radius 2 is 0.840 bits per heavy atom. The summed E-state index contributed by atoms with van der Waals surface area (Å²) in [5, 5.41) is 9.61. The molecular formula is C48H30N2. The molecule has 8 aromatic carbocycles. The van der Waals surface area contributed by atoms with Gasteiger partial charge < -0.3 is 0 Å².